The molecular weight excluding hydrogens is 368 g/mol. The second-order valence-electron chi connectivity index (χ2n) is 8.04. The van der Waals surface area contributed by atoms with Gasteiger partial charge in [0.15, 0.2) is 0 Å². The van der Waals surface area contributed by atoms with Gasteiger partial charge in [-0.05, 0) is 24.3 Å². The number of pyridine rings is 1. The number of amides is 2. The Morgan fingerprint density at radius 2 is 1.83 bits per heavy atom. The summed E-state index contributed by atoms with van der Waals surface area (Å²) in [6.45, 7) is 4.50. The van der Waals surface area contributed by atoms with Crippen LogP contribution in [-0.4, -0.2) is 88.0 Å². The molecule has 1 aliphatic carbocycles. The Kier molecular flexibility index (Phi) is 5.52. The molecule has 154 valence electrons. The van der Waals surface area contributed by atoms with Crippen molar-refractivity contribution in [1.29, 1.82) is 0 Å². The lowest BCUT2D eigenvalue weighted by Gasteiger charge is -2.39. The predicted molar refractivity (Wildman–Crippen MR) is 110 cm³/mol. The SMILES string of the molecule is CC(=O)N1CCN([C@@H]2CC[C@@H](N(C)C(=O)c3nccc4ccccc34)[C@H]2O)CC1. The summed E-state index contributed by atoms with van der Waals surface area (Å²) in [6.07, 6.45) is 2.65. The molecule has 1 saturated carbocycles. The topological polar surface area (TPSA) is 77.0 Å². The van der Waals surface area contributed by atoms with Crippen molar-refractivity contribution >= 4 is 22.6 Å². The number of aliphatic hydroxyl groups excluding tert-OH is 1. The van der Waals surface area contributed by atoms with Crippen LogP contribution in [0.5, 0.6) is 0 Å². The van der Waals surface area contributed by atoms with E-state index in [1.807, 2.05) is 35.2 Å². The van der Waals surface area contributed by atoms with E-state index in [0.717, 1.165) is 36.7 Å². The Bertz CT molecular complexity index is 905. The van der Waals surface area contributed by atoms with Crippen LogP contribution in [0.3, 0.4) is 0 Å². The molecular formula is C22H28N4O3. The average molecular weight is 396 g/mol. The fraction of sp³-hybridized carbons (Fsp3) is 0.500. The van der Waals surface area contributed by atoms with Crippen molar-refractivity contribution in [3.05, 3.63) is 42.2 Å². The molecule has 1 aromatic heterocycles. The van der Waals surface area contributed by atoms with Crippen molar-refractivity contribution in [1.82, 2.24) is 19.7 Å². The number of carbonyl (C=O) groups excluding carboxylic acids is 2. The molecule has 2 heterocycles. The molecule has 2 aromatic rings. The van der Waals surface area contributed by atoms with E-state index in [0.29, 0.717) is 18.8 Å². The minimum absolute atomic E-state index is 0.0184. The zero-order valence-corrected chi connectivity index (χ0v) is 17.0. The van der Waals surface area contributed by atoms with Crippen LogP contribution in [0, 0.1) is 0 Å². The molecule has 7 heteroatoms. The predicted octanol–water partition coefficient (Wildman–Crippen LogP) is 1.36. The molecule has 1 aromatic carbocycles. The highest BCUT2D eigenvalue weighted by molar-refractivity contribution is 6.05. The minimum atomic E-state index is -0.609. The summed E-state index contributed by atoms with van der Waals surface area (Å²) in [5.74, 6) is -0.0599. The first-order valence-electron chi connectivity index (χ1n) is 10.3. The zero-order chi connectivity index (χ0) is 20.5. The number of likely N-dealkylation sites (N-methyl/N-ethyl adjacent to an activating group) is 1. The third-order valence-corrected chi connectivity index (χ3v) is 6.47. The van der Waals surface area contributed by atoms with E-state index >= 15 is 0 Å². The van der Waals surface area contributed by atoms with Crippen LogP contribution in [0.4, 0.5) is 0 Å². The number of carbonyl (C=O) groups is 2. The van der Waals surface area contributed by atoms with Crippen LogP contribution < -0.4 is 0 Å². The van der Waals surface area contributed by atoms with E-state index in [2.05, 4.69) is 9.88 Å². The van der Waals surface area contributed by atoms with Crippen LogP contribution in [0.1, 0.15) is 30.3 Å². The molecule has 1 saturated heterocycles. The normalized spacial score (nSPS) is 25.3. The molecule has 1 N–H and O–H groups in total. The van der Waals surface area contributed by atoms with Gasteiger partial charge in [-0.3, -0.25) is 19.5 Å². The Labute approximate surface area is 170 Å². The van der Waals surface area contributed by atoms with Gasteiger partial charge in [-0.1, -0.05) is 24.3 Å². The summed E-state index contributed by atoms with van der Waals surface area (Å²) in [6, 6.07) is 9.40. The largest absolute Gasteiger partial charge is 0.389 e. The van der Waals surface area contributed by atoms with Crippen molar-refractivity contribution in [2.45, 2.75) is 38.0 Å². The second kappa shape index (κ2) is 8.08. The summed E-state index contributed by atoms with van der Waals surface area (Å²) < 4.78 is 0. The van der Waals surface area contributed by atoms with Crippen molar-refractivity contribution in [3.63, 3.8) is 0 Å². The lowest BCUT2D eigenvalue weighted by Crippen LogP contribution is -2.55. The molecule has 2 aliphatic rings. The molecule has 0 bridgehead atoms. The lowest BCUT2D eigenvalue weighted by molar-refractivity contribution is -0.131. The maximum Gasteiger partial charge on any atom is 0.273 e. The van der Waals surface area contributed by atoms with Gasteiger partial charge in [-0.2, -0.15) is 0 Å². The standard InChI is InChI=1S/C22H28N4O3/c1-15(27)25-11-13-26(14-12-25)19-8-7-18(21(19)28)24(2)22(29)20-17-6-4-3-5-16(17)9-10-23-20/h3-6,9-10,18-19,21,28H,7-8,11-14H2,1-2H3/t18-,19-,21-/m1/s1. The molecule has 2 fully saturated rings. The Morgan fingerprint density at radius 1 is 1.10 bits per heavy atom. The molecule has 1 aliphatic heterocycles. The Morgan fingerprint density at radius 3 is 2.55 bits per heavy atom. The fourth-order valence-electron chi connectivity index (χ4n) is 4.74. The fourth-order valence-corrected chi connectivity index (χ4v) is 4.74. The van der Waals surface area contributed by atoms with Gasteiger partial charge >= 0.3 is 0 Å². The highest BCUT2D eigenvalue weighted by Crippen LogP contribution is 2.30. The first-order chi connectivity index (χ1) is 14.0. The number of rotatable bonds is 3. The van der Waals surface area contributed by atoms with Gasteiger partial charge in [-0.25, -0.2) is 0 Å². The van der Waals surface area contributed by atoms with Gasteiger partial charge in [0.25, 0.3) is 5.91 Å². The molecule has 0 radical (unpaired) electrons. The van der Waals surface area contributed by atoms with Crippen molar-refractivity contribution in [2.75, 3.05) is 33.2 Å². The van der Waals surface area contributed by atoms with E-state index in [-0.39, 0.29) is 23.9 Å². The van der Waals surface area contributed by atoms with Crippen LogP contribution in [-0.2, 0) is 4.79 Å². The molecule has 0 spiro atoms. The smallest absolute Gasteiger partial charge is 0.273 e. The maximum atomic E-state index is 13.2. The highest BCUT2D eigenvalue weighted by atomic mass is 16.3. The average Bonchev–Trinajstić information content (AvgIpc) is 3.13. The molecule has 7 nitrogen and oxygen atoms in total. The Hall–Kier alpha value is -2.51. The first-order valence-corrected chi connectivity index (χ1v) is 10.3. The molecule has 3 atom stereocenters. The van der Waals surface area contributed by atoms with E-state index in [9.17, 15) is 14.7 Å². The van der Waals surface area contributed by atoms with Crippen molar-refractivity contribution in [2.24, 2.45) is 0 Å². The number of aromatic nitrogens is 1. The summed E-state index contributed by atoms with van der Waals surface area (Å²) in [5, 5.41) is 12.8. The first kappa shape index (κ1) is 19.8. The number of nitrogens with zero attached hydrogens (tertiary/aromatic N) is 4. The van der Waals surface area contributed by atoms with Gasteiger partial charge in [0.05, 0.1) is 12.1 Å². The number of hydrogen-bond donors (Lipinski definition) is 1. The number of benzene rings is 1. The van der Waals surface area contributed by atoms with Crippen molar-refractivity contribution < 1.29 is 14.7 Å². The number of fused-ring (bicyclic) bond motifs is 1. The number of aliphatic hydroxyl groups is 1. The summed E-state index contributed by atoms with van der Waals surface area (Å²) in [4.78, 5) is 34.8. The van der Waals surface area contributed by atoms with Gasteiger partial charge in [-0.15, -0.1) is 0 Å². The summed E-state index contributed by atoms with van der Waals surface area (Å²) in [7, 11) is 1.76. The van der Waals surface area contributed by atoms with Gasteiger partial charge < -0.3 is 14.9 Å². The molecule has 0 unspecified atom stereocenters. The third-order valence-electron chi connectivity index (χ3n) is 6.47. The second-order valence-corrected chi connectivity index (χ2v) is 8.04. The number of hydrogen-bond acceptors (Lipinski definition) is 5. The van der Waals surface area contributed by atoms with Crippen LogP contribution in [0.15, 0.2) is 36.5 Å². The number of piperazine rings is 1. The summed E-state index contributed by atoms with van der Waals surface area (Å²) in [5.41, 5.74) is 0.427. The maximum absolute atomic E-state index is 13.2. The molecule has 2 amide bonds. The zero-order valence-electron chi connectivity index (χ0n) is 17.0. The van der Waals surface area contributed by atoms with Crippen LogP contribution in [0.25, 0.3) is 10.8 Å². The minimum Gasteiger partial charge on any atom is -0.389 e. The lowest BCUT2D eigenvalue weighted by atomic mass is 10.1. The molecule has 4 rings (SSSR count). The third kappa shape index (κ3) is 3.72. The highest BCUT2D eigenvalue weighted by Gasteiger charge is 2.42. The molecule has 29 heavy (non-hydrogen) atoms. The van der Waals surface area contributed by atoms with Gasteiger partial charge in [0.1, 0.15) is 5.69 Å². The van der Waals surface area contributed by atoms with E-state index in [1.165, 1.54) is 0 Å². The van der Waals surface area contributed by atoms with E-state index in [4.69, 9.17) is 0 Å². The van der Waals surface area contributed by atoms with Gasteiger partial charge in [0.2, 0.25) is 5.91 Å². The van der Waals surface area contributed by atoms with E-state index in [1.54, 1.807) is 25.1 Å². The quantitative estimate of drug-likeness (QED) is 0.848. The van der Waals surface area contributed by atoms with Gasteiger partial charge in [0, 0.05) is 57.8 Å². The van der Waals surface area contributed by atoms with Crippen LogP contribution >= 0.6 is 0 Å². The Balaban J connectivity index is 1.46. The van der Waals surface area contributed by atoms with Crippen molar-refractivity contribution in [3.8, 4) is 0 Å². The van der Waals surface area contributed by atoms with Crippen LogP contribution in [0.2, 0.25) is 0 Å². The summed E-state index contributed by atoms with van der Waals surface area (Å²) >= 11 is 0. The van der Waals surface area contributed by atoms with E-state index < -0.39 is 6.10 Å². The monoisotopic (exact) mass is 396 g/mol.